The van der Waals surface area contributed by atoms with Gasteiger partial charge in [0.2, 0.25) is 6.43 Å². The Labute approximate surface area is 123 Å². The minimum Gasteiger partial charge on any atom is -0.457 e. The van der Waals surface area contributed by atoms with E-state index in [0.717, 1.165) is 5.75 Å². The van der Waals surface area contributed by atoms with E-state index in [0.29, 0.717) is 11.3 Å². The molecule has 0 fully saturated rings. The van der Waals surface area contributed by atoms with Gasteiger partial charge in [0, 0.05) is 12.5 Å². The van der Waals surface area contributed by atoms with Crippen molar-refractivity contribution in [3.8, 4) is 11.5 Å². The molecule has 0 aliphatic heterocycles. The van der Waals surface area contributed by atoms with Crippen molar-refractivity contribution in [1.29, 1.82) is 0 Å². The van der Waals surface area contributed by atoms with Gasteiger partial charge in [0.05, 0.1) is 0 Å². The molecule has 2 rings (SSSR count). The Morgan fingerprint density at radius 3 is 2.00 bits per heavy atom. The highest BCUT2D eigenvalue weighted by Gasteiger charge is 2.12. The van der Waals surface area contributed by atoms with Crippen molar-refractivity contribution in [2.75, 3.05) is 0 Å². The molecule has 0 spiro atoms. The lowest BCUT2D eigenvalue weighted by molar-refractivity contribution is 0.128. The van der Waals surface area contributed by atoms with Crippen LogP contribution in [0.4, 0.5) is 8.78 Å². The van der Waals surface area contributed by atoms with E-state index in [-0.39, 0.29) is 18.8 Å². The van der Waals surface area contributed by atoms with Crippen LogP contribution in [0.5, 0.6) is 11.5 Å². The van der Waals surface area contributed by atoms with E-state index in [1.54, 1.807) is 24.3 Å². The Morgan fingerprint density at radius 1 is 0.900 bits per heavy atom. The molecule has 0 saturated heterocycles. The first-order chi connectivity index (χ1) is 9.15. The van der Waals surface area contributed by atoms with E-state index in [4.69, 9.17) is 10.5 Å². The number of benzene rings is 2. The monoisotopic (exact) mass is 299 g/mol. The maximum Gasteiger partial charge on any atom is 0.240 e. The summed E-state index contributed by atoms with van der Waals surface area (Å²) in [6.45, 7) is 0. The Bertz CT molecular complexity index is 505. The first kappa shape index (κ1) is 16.4. The van der Waals surface area contributed by atoms with Crippen LogP contribution in [0, 0.1) is 0 Å². The summed E-state index contributed by atoms with van der Waals surface area (Å²) in [5.41, 5.74) is 6.36. The van der Waals surface area contributed by atoms with Gasteiger partial charge in [0.1, 0.15) is 11.5 Å². The average molecular weight is 300 g/mol. The molecule has 20 heavy (non-hydrogen) atoms. The molecular weight excluding hydrogens is 284 g/mol. The van der Waals surface area contributed by atoms with Crippen LogP contribution in [0.2, 0.25) is 0 Å². The zero-order valence-electron chi connectivity index (χ0n) is 10.7. The maximum atomic E-state index is 12.2. The van der Waals surface area contributed by atoms with Gasteiger partial charge in [0.15, 0.2) is 0 Å². The molecule has 0 bridgehead atoms. The fourth-order valence-electron chi connectivity index (χ4n) is 1.74. The first-order valence-electron chi connectivity index (χ1n) is 6.02. The standard InChI is InChI=1S/C15H15F2NO.ClH/c16-15(17)10-14(18)11-6-8-13(9-7-11)19-12-4-2-1-3-5-12;/h1-9,14-15H,10,18H2;1H/t14-;/m0./s1. The van der Waals surface area contributed by atoms with Crippen LogP contribution in [0.25, 0.3) is 0 Å². The third-order valence-corrected chi connectivity index (χ3v) is 2.72. The molecule has 1 atom stereocenters. The Kier molecular flexibility index (Phi) is 6.42. The van der Waals surface area contributed by atoms with E-state index in [1.807, 2.05) is 30.3 Å². The molecule has 108 valence electrons. The van der Waals surface area contributed by atoms with Gasteiger partial charge in [-0.25, -0.2) is 8.78 Å². The SMILES string of the molecule is Cl.N[C@@H](CC(F)F)c1ccc(Oc2ccccc2)cc1. The minimum absolute atomic E-state index is 0. The lowest BCUT2D eigenvalue weighted by Gasteiger charge is -2.12. The van der Waals surface area contributed by atoms with Crippen LogP contribution in [0.3, 0.4) is 0 Å². The van der Waals surface area contributed by atoms with E-state index >= 15 is 0 Å². The molecule has 5 heteroatoms. The summed E-state index contributed by atoms with van der Waals surface area (Å²) >= 11 is 0. The number of nitrogens with two attached hydrogens (primary N) is 1. The lowest BCUT2D eigenvalue weighted by atomic mass is 10.1. The lowest BCUT2D eigenvalue weighted by Crippen LogP contribution is -2.13. The van der Waals surface area contributed by atoms with Crippen LogP contribution >= 0.6 is 12.4 Å². The highest BCUT2D eigenvalue weighted by atomic mass is 35.5. The molecule has 0 radical (unpaired) electrons. The van der Waals surface area contributed by atoms with Crippen LogP contribution < -0.4 is 10.5 Å². The Balaban J connectivity index is 0.00000200. The van der Waals surface area contributed by atoms with Gasteiger partial charge >= 0.3 is 0 Å². The summed E-state index contributed by atoms with van der Waals surface area (Å²) in [5.74, 6) is 1.38. The average Bonchev–Trinajstić information content (AvgIpc) is 2.40. The van der Waals surface area contributed by atoms with Gasteiger partial charge in [0.25, 0.3) is 0 Å². The van der Waals surface area contributed by atoms with Crippen molar-refractivity contribution < 1.29 is 13.5 Å². The molecule has 0 aliphatic rings. The number of rotatable bonds is 5. The van der Waals surface area contributed by atoms with Crippen LogP contribution in [0.15, 0.2) is 54.6 Å². The van der Waals surface area contributed by atoms with Crippen molar-refractivity contribution in [3.05, 3.63) is 60.2 Å². The molecule has 0 amide bonds. The van der Waals surface area contributed by atoms with Gasteiger partial charge in [-0.1, -0.05) is 30.3 Å². The summed E-state index contributed by atoms with van der Waals surface area (Å²) in [6.07, 6.45) is -2.73. The van der Waals surface area contributed by atoms with Crippen LogP contribution in [-0.2, 0) is 0 Å². The molecule has 0 aliphatic carbocycles. The second-order valence-corrected chi connectivity index (χ2v) is 4.22. The number of hydrogen-bond donors (Lipinski definition) is 1. The van der Waals surface area contributed by atoms with Crippen molar-refractivity contribution >= 4 is 12.4 Å². The minimum atomic E-state index is -2.39. The molecular formula is C15H16ClF2NO. The molecule has 2 nitrogen and oxygen atoms in total. The summed E-state index contributed by atoms with van der Waals surface area (Å²) in [5, 5.41) is 0. The molecule has 2 aromatic rings. The predicted molar refractivity (Wildman–Crippen MR) is 77.8 cm³/mol. The molecule has 0 heterocycles. The van der Waals surface area contributed by atoms with Gasteiger partial charge < -0.3 is 10.5 Å². The van der Waals surface area contributed by atoms with Crippen LogP contribution in [0.1, 0.15) is 18.0 Å². The largest absolute Gasteiger partial charge is 0.457 e. The van der Waals surface area contributed by atoms with E-state index < -0.39 is 12.5 Å². The van der Waals surface area contributed by atoms with Crippen molar-refractivity contribution in [3.63, 3.8) is 0 Å². The first-order valence-corrected chi connectivity index (χ1v) is 6.02. The molecule has 0 saturated carbocycles. The molecule has 2 N–H and O–H groups in total. The highest BCUT2D eigenvalue weighted by Crippen LogP contribution is 2.24. The molecule has 0 unspecified atom stereocenters. The van der Waals surface area contributed by atoms with Gasteiger partial charge in [-0.05, 0) is 29.8 Å². The second kappa shape index (κ2) is 7.82. The van der Waals surface area contributed by atoms with Crippen molar-refractivity contribution in [2.24, 2.45) is 5.73 Å². The summed E-state index contributed by atoms with van der Waals surface area (Å²) in [4.78, 5) is 0. The van der Waals surface area contributed by atoms with E-state index in [1.165, 1.54) is 0 Å². The summed E-state index contributed by atoms with van der Waals surface area (Å²) in [7, 11) is 0. The number of alkyl halides is 2. The topological polar surface area (TPSA) is 35.2 Å². The van der Waals surface area contributed by atoms with Gasteiger partial charge in [-0.3, -0.25) is 0 Å². The fourth-order valence-corrected chi connectivity index (χ4v) is 1.74. The Hall–Kier alpha value is -1.65. The second-order valence-electron chi connectivity index (χ2n) is 4.22. The zero-order chi connectivity index (χ0) is 13.7. The number of ether oxygens (including phenoxy) is 1. The number of para-hydroxylation sites is 1. The quantitative estimate of drug-likeness (QED) is 0.878. The van der Waals surface area contributed by atoms with Gasteiger partial charge in [-0.2, -0.15) is 0 Å². The van der Waals surface area contributed by atoms with Crippen molar-refractivity contribution in [2.45, 2.75) is 18.9 Å². The van der Waals surface area contributed by atoms with Crippen LogP contribution in [-0.4, -0.2) is 6.43 Å². The predicted octanol–water partition coefficient (Wildman–Crippen LogP) is 4.56. The molecule has 0 aromatic heterocycles. The third-order valence-electron chi connectivity index (χ3n) is 2.72. The normalized spacial score (nSPS) is 11.8. The Morgan fingerprint density at radius 2 is 1.45 bits per heavy atom. The van der Waals surface area contributed by atoms with E-state index in [9.17, 15) is 8.78 Å². The fraction of sp³-hybridized carbons (Fsp3) is 0.200. The summed E-state index contributed by atoms with van der Waals surface area (Å²) < 4.78 is 30.1. The van der Waals surface area contributed by atoms with E-state index in [2.05, 4.69) is 0 Å². The number of halogens is 3. The summed E-state index contributed by atoms with van der Waals surface area (Å²) in [6, 6.07) is 15.6. The highest BCUT2D eigenvalue weighted by molar-refractivity contribution is 5.85. The smallest absolute Gasteiger partial charge is 0.240 e. The number of hydrogen-bond acceptors (Lipinski definition) is 2. The molecule has 2 aromatic carbocycles. The van der Waals surface area contributed by atoms with Gasteiger partial charge in [-0.15, -0.1) is 12.4 Å². The maximum absolute atomic E-state index is 12.2. The zero-order valence-corrected chi connectivity index (χ0v) is 11.5. The van der Waals surface area contributed by atoms with Crippen molar-refractivity contribution in [1.82, 2.24) is 0 Å². The third kappa shape index (κ3) is 4.79.